The normalized spacial score (nSPS) is 21.9. The molecule has 1 amide bonds. The number of nitrogens with zero attached hydrogens (tertiary/aromatic N) is 2. The predicted octanol–water partition coefficient (Wildman–Crippen LogP) is 2.78. The van der Waals surface area contributed by atoms with Gasteiger partial charge >= 0.3 is 0 Å². The summed E-state index contributed by atoms with van der Waals surface area (Å²) in [6.07, 6.45) is 2.11. The van der Waals surface area contributed by atoms with Crippen LogP contribution >= 0.6 is 15.9 Å². The lowest BCUT2D eigenvalue weighted by atomic mass is 10.1. The zero-order chi connectivity index (χ0) is 18.3. The number of halogens is 1. The summed E-state index contributed by atoms with van der Waals surface area (Å²) in [5.41, 5.74) is 0.911. The molecule has 1 aromatic heterocycles. The van der Waals surface area contributed by atoms with Crippen molar-refractivity contribution in [3.05, 3.63) is 62.5 Å². The van der Waals surface area contributed by atoms with E-state index in [-0.39, 0.29) is 36.0 Å². The highest BCUT2D eigenvalue weighted by Crippen LogP contribution is 2.30. The Morgan fingerprint density at radius 2 is 2.04 bits per heavy atom. The van der Waals surface area contributed by atoms with Gasteiger partial charge in [-0.2, -0.15) is 0 Å². The lowest BCUT2D eigenvalue weighted by Gasteiger charge is -2.44. The minimum absolute atomic E-state index is 0.0655. The van der Waals surface area contributed by atoms with Gasteiger partial charge in [0.25, 0.3) is 5.91 Å². The number of pyridine rings is 1. The van der Waals surface area contributed by atoms with E-state index in [0.29, 0.717) is 23.3 Å². The SMILES string of the molecule is C[C@@H]1CCOC2Cn3cc(Br)c(=O)c(OCc4ccccc4)c3C(=O)N21. The van der Waals surface area contributed by atoms with E-state index in [1.54, 1.807) is 15.7 Å². The van der Waals surface area contributed by atoms with Crippen LogP contribution in [-0.2, 0) is 17.9 Å². The van der Waals surface area contributed by atoms with Crippen molar-refractivity contribution in [2.45, 2.75) is 38.8 Å². The molecule has 0 saturated carbocycles. The maximum Gasteiger partial charge on any atom is 0.276 e. The Morgan fingerprint density at radius 3 is 2.81 bits per heavy atom. The van der Waals surface area contributed by atoms with E-state index in [4.69, 9.17) is 9.47 Å². The van der Waals surface area contributed by atoms with Crippen LogP contribution in [0.3, 0.4) is 0 Å². The Kier molecular flexibility index (Phi) is 4.58. The van der Waals surface area contributed by atoms with Crippen LogP contribution in [0.5, 0.6) is 5.75 Å². The van der Waals surface area contributed by atoms with Crippen LogP contribution in [0.4, 0.5) is 0 Å². The molecule has 1 unspecified atom stereocenters. The molecule has 7 heteroatoms. The van der Waals surface area contributed by atoms with Gasteiger partial charge < -0.3 is 18.9 Å². The van der Waals surface area contributed by atoms with Gasteiger partial charge in [0, 0.05) is 12.2 Å². The first-order valence-electron chi connectivity index (χ1n) is 8.60. The van der Waals surface area contributed by atoms with Crippen molar-refractivity contribution in [2.75, 3.05) is 6.61 Å². The number of carbonyl (C=O) groups excluding carboxylic acids is 1. The van der Waals surface area contributed by atoms with Crippen LogP contribution < -0.4 is 10.2 Å². The molecule has 1 saturated heterocycles. The number of rotatable bonds is 3. The molecule has 0 bridgehead atoms. The molecule has 3 heterocycles. The molecule has 6 nitrogen and oxygen atoms in total. The highest BCUT2D eigenvalue weighted by atomic mass is 79.9. The largest absolute Gasteiger partial charge is 0.483 e. The van der Waals surface area contributed by atoms with E-state index < -0.39 is 0 Å². The van der Waals surface area contributed by atoms with Crippen LogP contribution in [0, 0.1) is 0 Å². The average Bonchev–Trinajstić information content (AvgIpc) is 2.63. The second-order valence-electron chi connectivity index (χ2n) is 6.59. The molecule has 2 atom stereocenters. The van der Waals surface area contributed by atoms with Gasteiger partial charge in [-0.3, -0.25) is 9.59 Å². The van der Waals surface area contributed by atoms with E-state index in [0.717, 1.165) is 12.0 Å². The summed E-state index contributed by atoms with van der Waals surface area (Å²) in [4.78, 5) is 27.5. The number of fused-ring (bicyclic) bond motifs is 2. The molecule has 0 spiro atoms. The molecule has 0 aliphatic carbocycles. The van der Waals surface area contributed by atoms with E-state index in [2.05, 4.69) is 15.9 Å². The lowest BCUT2D eigenvalue weighted by Crippen LogP contribution is -2.57. The summed E-state index contributed by atoms with van der Waals surface area (Å²) in [6, 6.07) is 9.63. The summed E-state index contributed by atoms with van der Waals surface area (Å²) in [7, 11) is 0. The van der Waals surface area contributed by atoms with Gasteiger partial charge in [-0.05, 0) is 34.8 Å². The number of hydrogen-bond acceptors (Lipinski definition) is 4. The predicted molar refractivity (Wildman–Crippen MR) is 99.2 cm³/mol. The zero-order valence-electron chi connectivity index (χ0n) is 14.4. The number of hydrogen-bond donors (Lipinski definition) is 0. The molecule has 2 aromatic rings. The molecule has 136 valence electrons. The summed E-state index contributed by atoms with van der Waals surface area (Å²) in [6.45, 7) is 3.34. The summed E-state index contributed by atoms with van der Waals surface area (Å²) in [5.74, 6) is -0.134. The Hall–Kier alpha value is -2.12. The van der Waals surface area contributed by atoms with Crippen molar-refractivity contribution in [1.82, 2.24) is 9.47 Å². The minimum Gasteiger partial charge on any atom is -0.483 e. The molecule has 0 radical (unpaired) electrons. The third-order valence-corrected chi connectivity index (χ3v) is 5.41. The number of aromatic nitrogens is 1. The number of benzene rings is 1. The van der Waals surface area contributed by atoms with Crippen molar-refractivity contribution in [1.29, 1.82) is 0 Å². The average molecular weight is 419 g/mol. The molecule has 4 rings (SSSR count). The molecule has 26 heavy (non-hydrogen) atoms. The first-order chi connectivity index (χ1) is 12.6. The van der Waals surface area contributed by atoms with Gasteiger partial charge in [0.05, 0.1) is 17.6 Å². The molecule has 2 aliphatic rings. The highest BCUT2D eigenvalue weighted by molar-refractivity contribution is 9.10. The standard InChI is InChI=1S/C19H19BrN2O4/c1-12-7-8-25-15-10-21-9-14(20)17(23)18(16(21)19(24)22(12)15)26-11-13-5-3-2-4-6-13/h2-6,9,12,15H,7-8,10-11H2,1H3/t12-,15?/m1/s1. The van der Waals surface area contributed by atoms with Gasteiger partial charge in [0.2, 0.25) is 5.43 Å². The smallest absolute Gasteiger partial charge is 0.276 e. The molecular weight excluding hydrogens is 400 g/mol. The fourth-order valence-corrected chi connectivity index (χ4v) is 3.90. The second-order valence-corrected chi connectivity index (χ2v) is 7.44. The van der Waals surface area contributed by atoms with E-state index in [9.17, 15) is 9.59 Å². The molecular formula is C19H19BrN2O4. The molecule has 1 aromatic carbocycles. The highest BCUT2D eigenvalue weighted by Gasteiger charge is 2.40. The topological polar surface area (TPSA) is 60.8 Å². The summed E-state index contributed by atoms with van der Waals surface area (Å²) < 4.78 is 13.7. The van der Waals surface area contributed by atoms with Gasteiger partial charge in [-0.25, -0.2) is 0 Å². The molecule has 2 aliphatic heterocycles. The number of carbonyl (C=O) groups is 1. The van der Waals surface area contributed by atoms with Crippen LogP contribution in [0.2, 0.25) is 0 Å². The van der Waals surface area contributed by atoms with E-state index >= 15 is 0 Å². The first-order valence-corrected chi connectivity index (χ1v) is 9.39. The fourth-order valence-electron chi connectivity index (χ4n) is 3.47. The van der Waals surface area contributed by atoms with Crippen LogP contribution in [0.15, 0.2) is 45.8 Å². The van der Waals surface area contributed by atoms with E-state index in [1.165, 1.54) is 0 Å². The summed E-state index contributed by atoms with van der Waals surface area (Å²) in [5, 5.41) is 0. The van der Waals surface area contributed by atoms with Crippen LogP contribution in [0.1, 0.15) is 29.4 Å². The summed E-state index contributed by atoms with van der Waals surface area (Å²) >= 11 is 3.29. The lowest BCUT2D eigenvalue weighted by molar-refractivity contribution is -0.112. The van der Waals surface area contributed by atoms with Gasteiger partial charge in [0.15, 0.2) is 17.7 Å². The van der Waals surface area contributed by atoms with Crippen molar-refractivity contribution in [2.24, 2.45) is 0 Å². The fraction of sp³-hybridized carbons (Fsp3) is 0.368. The Balaban J connectivity index is 1.74. The number of ether oxygens (including phenoxy) is 2. The monoisotopic (exact) mass is 418 g/mol. The molecule has 0 N–H and O–H groups in total. The quantitative estimate of drug-likeness (QED) is 0.768. The van der Waals surface area contributed by atoms with Gasteiger partial charge in [-0.15, -0.1) is 0 Å². The van der Waals surface area contributed by atoms with Crippen molar-refractivity contribution in [3.8, 4) is 5.75 Å². The van der Waals surface area contributed by atoms with Crippen molar-refractivity contribution in [3.63, 3.8) is 0 Å². The maximum absolute atomic E-state index is 13.1. The zero-order valence-corrected chi connectivity index (χ0v) is 15.9. The third-order valence-electron chi connectivity index (χ3n) is 4.84. The second kappa shape index (κ2) is 6.89. The van der Waals surface area contributed by atoms with Crippen LogP contribution in [-0.4, -0.2) is 34.3 Å². The van der Waals surface area contributed by atoms with Crippen molar-refractivity contribution < 1.29 is 14.3 Å². The van der Waals surface area contributed by atoms with E-state index in [1.807, 2.05) is 37.3 Å². The maximum atomic E-state index is 13.1. The Bertz CT molecular complexity index is 896. The van der Waals surface area contributed by atoms with Gasteiger partial charge in [0.1, 0.15) is 6.61 Å². The Labute approximate surface area is 159 Å². The van der Waals surface area contributed by atoms with Crippen molar-refractivity contribution >= 4 is 21.8 Å². The minimum atomic E-state index is -0.315. The molecule has 1 fully saturated rings. The Morgan fingerprint density at radius 1 is 1.27 bits per heavy atom. The van der Waals surface area contributed by atoms with Crippen LogP contribution in [0.25, 0.3) is 0 Å². The number of amides is 1. The third kappa shape index (κ3) is 2.95. The first kappa shape index (κ1) is 17.3. The van der Waals surface area contributed by atoms with Gasteiger partial charge in [-0.1, -0.05) is 30.3 Å².